The molecule has 0 unspecified atom stereocenters. The van der Waals surface area contributed by atoms with E-state index in [-0.39, 0.29) is 17.1 Å². The van der Waals surface area contributed by atoms with Crippen LogP contribution in [0, 0.1) is 6.92 Å². The van der Waals surface area contributed by atoms with Crippen LogP contribution in [0.5, 0.6) is 11.5 Å². The fourth-order valence-electron chi connectivity index (χ4n) is 2.61. The highest BCUT2D eigenvalue weighted by Crippen LogP contribution is 2.35. The SMILES string of the molecule is COCCNC(=O)CN(c1cc(OC)ccc1OC)S(=O)(=O)c1ccc(C)cc1. The third-order valence-corrected chi connectivity index (χ3v) is 5.95. The molecule has 1 N–H and O–H groups in total. The second kappa shape index (κ2) is 10.1. The topological polar surface area (TPSA) is 94.2 Å². The molecule has 0 heterocycles. The van der Waals surface area contributed by atoms with Crippen LogP contribution < -0.4 is 19.1 Å². The Hall–Kier alpha value is -2.78. The first-order valence-electron chi connectivity index (χ1n) is 8.90. The number of ether oxygens (including phenoxy) is 3. The Bertz CT molecular complexity index is 928. The van der Waals surface area contributed by atoms with E-state index in [0.29, 0.717) is 18.1 Å². The molecule has 2 aromatic carbocycles. The van der Waals surface area contributed by atoms with Crippen LogP contribution in [0.3, 0.4) is 0 Å². The lowest BCUT2D eigenvalue weighted by molar-refractivity contribution is -0.119. The quantitative estimate of drug-likeness (QED) is 0.589. The number of anilines is 1. The van der Waals surface area contributed by atoms with Crippen molar-refractivity contribution in [3.05, 3.63) is 48.0 Å². The van der Waals surface area contributed by atoms with Gasteiger partial charge in [0.15, 0.2) is 0 Å². The third kappa shape index (κ3) is 5.61. The van der Waals surface area contributed by atoms with Gasteiger partial charge in [0.1, 0.15) is 18.0 Å². The normalized spacial score (nSPS) is 11.0. The van der Waals surface area contributed by atoms with Gasteiger partial charge in [0, 0.05) is 19.7 Å². The molecule has 2 rings (SSSR count). The van der Waals surface area contributed by atoms with Gasteiger partial charge in [-0.1, -0.05) is 17.7 Å². The van der Waals surface area contributed by atoms with Crippen molar-refractivity contribution in [2.75, 3.05) is 45.3 Å². The molecule has 0 aliphatic heterocycles. The van der Waals surface area contributed by atoms with Crippen molar-refractivity contribution < 1.29 is 27.4 Å². The molecule has 9 heteroatoms. The molecule has 0 bridgehead atoms. The average molecular weight is 423 g/mol. The van der Waals surface area contributed by atoms with Crippen LogP contribution in [0.4, 0.5) is 5.69 Å². The molecule has 2 aromatic rings. The van der Waals surface area contributed by atoms with E-state index < -0.39 is 22.5 Å². The van der Waals surface area contributed by atoms with Crippen LogP contribution in [-0.2, 0) is 19.6 Å². The van der Waals surface area contributed by atoms with Gasteiger partial charge in [-0.2, -0.15) is 0 Å². The maximum absolute atomic E-state index is 13.4. The maximum Gasteiger partial charge on any atom is 0.264 e. The first kappa shape index (κ1) is 22.5. The lowest BCUT2D eigenvalue weighted by Gasteiger charge is -2.26. The first-order chi connectivity index (χ1) is 13.8. The summed E-state index contributed by atoms with van der Waals surface area (Å²) < 4.78 is 43.3. The summed E-state index contributed by atoms with van der Waals surface area (Å²) in [4.78, 5) is 12.5. The zero-order valence-electron chi connectivity index (χ0n) is 17.0. The predicted octanol–water partition coefficient (Wildman–Crippen LogP) is 1.97. The summed E-state index contributed by atoms with van der Waals surface area (Å²) in [5.74, 6) is 0.262. The summed E-state index contributed by atoms with van der Waals surface area (Å²) in [7, 11) is 0.372. The van der Waals surface area contributed by atoms with E-state index in [1.807, 2.05) is 6.92 Å². The molecule has 8 nitrogen and oxygen atoms in total. The number of amides is 1. The predicted molar refractivity (Wildman–Crippen MR) is 110 cm³/mol. The highest BCUT2D eigenvalue weighted by atomic mass is 32.2. The van der Waals surface area contributed by atoms with Crippen molar-refractivity contribution >= 4 is 21.6 Å². The van der Waals surface area contributed by atoms with Crippen molar-refractivity contribution in [1.82, 2.24) is 5.32 Å². The second-order valence-corrected chi connectivity index (χ2v) is 8.07. The van der Waals surface area contributed by atoms with E-state index in [0.717, 1.165) is 9.87 Å². The van der Waals surface area contributed by atoms with Crippen LogP contribution in [0.15, 0.2) is 47.4 Å². The Kier molecular flexibility index (Phi) is 7.86. The summed E-state index contributed by atoms with van der Waals surface area (Å²) in [5.41, 5.74) is 1.13. The maximum atomic E-state index is 13.4. The number of aryl methyl sites for hydroxylation is 1. The van der Waals surface area contributed by atoms with E-state index in [1.54, 1.807) is 24.3 Å². The van der Waals surface area contributed by atoms with Gasteiger partial charge in [-0.05, 0) is 31.2 Å². The molecule has 1 amide bonds. The molecular formula is C20H26N2O6S. The fraction of sp³-hybridized carbons (Fsp3) is 0.350. The van der Waals surface area contributed by atoms with Crippen molar-refractivity contribution in [3.8, 4) is 11.5 Å². The zero-order chi connectivity index (χ0) is 21.4. The molecule has 29 heavy (non-hydrogen) atoms. The lowest BCUT2D eigenvalue weighted by Crippen LogP contribution is -2.41. The first-order valence-corrected chi connectivity index (χ1v) is 10.3. The number of methoxy groups -OCH3 is 3. The molecule has 158 valence electrons. The van der Waals surface area contributed by atoms with Crippen molar-refractivity contribution in [3.63, 3.8) is 0 Å². The molecule has 0 aliphatic rings. The Morgan fingerprint density at radius 2 is 1.72 bits per heavy atom. The van der Waals surface area contributed by atoms with E-state index in [1.165, 1.54) is 39.5 Å². The molecule has 0 saturated heterocycles. The van der Waals surface area contributed by atoms with Gasteiger partial charge in [0.25, 0.3) is 10.0 Å². The van der Waals surface area contributed by atoms with Crippen LogP contribution in [0.25, 0.3) is 0 Å². The van der Waals surface area contributed by atoms with E-state index >= 15 is 0 Å². The van der Waals surface area contributed by atoms with Crippen LogP contribution >= 0.6 is 0 Å². The molecular weight excluding hydrogens is 396 g/mol. The summed E-state index contributed by atoms with van der Waals surface area (Å²) >= 11 is 0. The van der Waals surface area contributed by atoms with Gasteiger partial charge in [-0.25, -0.2) is 8.42 Å². The Morgan fingerprint density at radius 1 is 1.03 bits per heavy atom. The number of nitrogens with one attached hydrogen (secondary N) is 1. The zero-order valence-corrected chi connectivity index (χ0v) is 17.8. The van der Waals surface area contributed by atoms with Gasteiger partial charge in [0.05, 0.1) is 31.4 Å². The number of hydrogen-bond donors (Lipinski definition) is 1. The minimum Gasteiger partial charge on any atom is -0.497 e. The monoisotopic (exact) mass is 422 g/mol. The van der Waals surface area contributed by atoms with Gasteiger partial charge in [0.2, 0.25) is 5.91 Å². The fourth-order valence-corrected chi connectivity index (χ4v) is 4.03. The lowest BCUT2D eigenvalue weighted by atomic mass is 10.2. The summed E-state index contributed by atoms with van der Waals surface area (Å²) in [6.07, 6.45) is 0. The number of carbonyl (C=O) groups excluding carboxylic acids is 1. The molecule has 0 radical (unpaired) electrons. The number of sulfonamides is 1. The molecule has 0 aromatic heterocycles. The summed E-state index contributed by atoms with van der Waals surface area (Å²) in [6.45, 7) is 2.02. The summed E-state index contributed by atoms with van der Waals surface area (Å²) in [5, 5.41) is 2.64. The minimum absolute atomic E-state index is 0.0673. The Balaban J connectivity index is 2.51. The van der Waals surface area contributed by atoms with Gasteiger partial charge >= 0.3 is 0 Å². The van der Waals surface area contributed by atoms with Crippen LogP contribution in [0.2, 0.25) is 0 Å². The third-order valence-electron chi connectivity index (χ3n) is 4.18. The largest absolute Gasteiger partial charge is 0.497 e. The van der Waals surface area contributed by atoms with Crippen molar-refractivity contribution in [2.24, 2.45) is 0 Å². The van der Waals surface area contributed by atoms with Crippen LogP contribution in [0.1, 0.15) is 5.56 Å². The minimum atomic E-state index is -4.05. The van der Waals surface area contributed by atoms with Gasteiger partial charge in [-0.3, -0.25) is 9.10 Å². The molecule has 0 fully saturated rings. The Morgan fingerprint density at radius 3 is 2.31 bits per heavy atom. The highest BCUT2D eigenvalue weighted by Gasteiger charge is 2.29. The number of nitrogens with zero attached hydrogens (tertiary/aromatic N) is 1. The van der Waals surface area contributed by atoms with Crippen LogP contribution in [-0.4, -0.2) is 55.4 Å². The molecule has 0 aliphatic carbocycles. The van der Waals surface area contributed by atoms with E-state index in [4.69, 9.17) is 14.2 Å². The Labute approximate surface area is 171 Å². The average Bonchev–Trinajstić information content (AvgIpc) is 2.72. The van der Waals surface area contributed by atoms with E-state index in [9.17, 15) is 13.2 Å². The summed E-state index contributed by atoms with van der Waals surface area (Å²) in [6, 6.07) is 11.2. The molecule has 0 atom stereocenters. The standard InChI is InChI=1S/C20H26N2O6S/c1-15-5-8-17(9-6-15)29(24,25)22(14-20(23)21-11-12-26-2)18-13-16(27-3)7-10-19(18)28-4/h5-10,13H,11-12,14H2,1-4H3,(H,21,23). The molecule has 0 saturated carbocycles. The smallest absolute Gasteiger partial charge is 0.264 e. The number of rotatable bonds is 10. The number of benzene rings is 2. The second-order valence-electron chi connectivity index (χ2n) is 6.21. The number of hydrogen-bond acceptors (Lipinski definition) is 6. The van der Waals surface area contributed by atoms with Gasteiger partial charge in [-0.15, -0.1) is 0 Å². The highest BCUT2D eigenvalue weighted by molar-refractivity contribution is 7.92. The molecule has 0 spiro atoms. The van der Waals surface area contributed by atoms with Gasteiger partial charge < -0.3 is 19.5 Å². The van der Waals surface area contributed by atoms with E-state index in [2.05, 4.69) is 5.32 Å². The number of carbonyl (C=O) groups is 1. The van der Waals surface area contributed by atoms with Crippen molar-refractivity contribution in [1.29, 1.82) is 0 Å². The van der Waals surface area contributed by atoms with Crippen molar-refractivity contribution in [2.45, 2.75) is 11.8 Å².